The van der Waals surface area contributed by atoms with Crippen molar-refractivity contribution in [2.24, 2.45) is 0 Å². The molecule has 2 aromatic rings. The Bertz CT molecular complexity index is 747. The number of rotatable bonds is 5. The predicted octanol–water partition coefficient (Wildman–Crippen LogP) is 3.20. The van der Waals surface area contributed by atoms with Crippen LogP contribution in [0.1, 0.15) is 24.3 Å². The molecule has 1 amide bonds. The van der Waals surface area contributed by atoms with E-state index in [1.807, 2.05) is 47.4 Å². The average molecular weight is 339 g/mol. The van der Waals surface area contributed by atoms with Gasteiger partial charge in [0.2, 0.25) is 12.7 Å². The van der Waals surface area contributed by atoms with E-state index < -0.39 is 0 Å². The Morgan fingerprint density at radius 1 is 1.12 bits per heavy atom. The summed E-state index contributed by atoms with van der Waals surface area (Å²) < 4.78 is 16.4. The van der Waals surface area contributed by atoms with Gasteiger partial charge in [-0.15, -0.1) is 0 Å². The zero-order valence-electron chi connectivity index (χ0n) is 14.0. The van der Waals surface area contributed by atoms with Crippen LogP contribution in [0.5, 0.6) is 17.2 Å². The largest absolute Gasteiger partial charge is 0.493 e. The summed E-state index contributed by atoms with van der Waals surface area (Å²) in [5.41, 5.74) is 1.21. The molecular formula is C20H21NO4. The molecule has 2 heterocycles. The first-order valence-corrected chi connectivity index (χ1v) is 8.65. The standard InChI is InChI=1S/C20H21NO4/c22-20(9-11-23-17-4-2-1-3-5-17)21-10-8-16(13-21)15-6-7-18-19(12-15)25-14-24-18/h1-7,12,16H,8-11,13-14H2. The molecule has 0 bridgehead atoms. The van der Waals surface area contributed by atoms with Gasteiger partial charge in [0.05, 0.1) is 13.0 Å². The van der Waals surface area contributed by atoms with Crippen LogP contribution in [0, 0.1) is 0 Å². The summed E-state index contributed by atoms with van der Waals surface area (Å²) in [4.78, 5) is 14.3. The van der Waals surface area contributed by atoms with Gasteiger partial charge >= 0.3 is 0 Å². The fourth-order valence-electron chi connectivity index (χ4n) is 3.36. The molecule has 0 saturated carbocycles. The highest BCUT2D eigenvalue weighted by Crippen LogP contribution is 2.37. The van der Waals surface area contributed by atoms with Crippen molar-refractivity contribution in [1.29, 1.82) is 0 Å². The average Bonchev–Trinajstić information content (AvgIpc) is 3.31. The maximum atomic E-state index is 12.4. The van der Waals surface area contributed by atoms with Gasteiger partial charge in [-0.25, -0.2) is 0 Å². The number of fused-ring (bicyclic) bond motifs is 1. The molecule has 1 unspecified atom stereocenters. The third kappa shape index (κ3) is 3.55. The molecule has 130 valence electrons. The molecule has 0 radical (unpaired) electrons. The second kappa shape index (κ2) is 7.05. The van der Waals surface area contributed by atoms with Gasteiger partial charge in [0, 0.05) is 19.0 Å². The van der Waals surface area contributed by atoms with Gasteiger partial charge in [0.25, 0.3) is 0 Å². The lowest BCUT2D eigenvalue weighted by Gasteiger charge is -2.17. The number of hydrogen-bond donors (Lipinski definition) is 0. The Morgan fingerprint density at radius 2 is 1.96 bits per heavy atom. The number of carbonyl (C=O) groups excluding carboxylic acids is 1. The Kier molecular flexibility index (Phi) is 4.46. The number of carbonyl (C=O) groups is 1. The normalized spacial score (nSPS) is 18.4. The van der Waals surface area contributed by atoms with Crippen molar-refractivity contribution in [2.75, 3.05) is 26.5 Å². The summed E-state index contributed by atoms with van der Waals surface area (Å²) in [6, 6.07) is 15.7. The summed E-state index contributed by atoms with van der Waals surface area (Å²) in [7, 11) is 0. The minimum absolute atomic E-state index is 0.152. The minimum Gasteiger partial charge on any atom is -0.493 e. The number of hydrogen-bond acceptors (Lipinski definition) is 4. The van der Waals surface area contributed by atoms with Gasteiger partial charge in [-0.05, 0) is 36.2 Å². The van der Waals surface area contributed by atoms with Crippen LogP contribution < -0.4 is 14.2 Å². The highest BCUT2D eigenvalue weighted by molar-refractivity contribution is 5.76. The molecule has 0 spiro atoms. The van der Waals surface area contributed by atoms with Gasteiger partial charge in [-0.3, -0.25) is 4.79 Å². The van der Waals surface area contributed by atoms with Crippen LogP contribution in [0.2, 0.25) is 0 Å². The molecule has 0 aliphatic carbocycles. The van der Waals surface area contributed by atoms with E-state index in [-0.39, 0.29) is 12.7 Å². The molecule has 1 atom stereocenters. The van der Waals surface area contributed by atoms with Crippen molar-refractivity contribution in [3.8, 4) is 17.2 Å². The van der Waals surface area contributed by atoms with E-state index >= 15 is 0 Å². The third-order valence-electron chi connectivity index (χ3n) is 4.74. The summed E-state index contributed by atoms with van der Waals surface area (Å²) in [6.07, 6.45) is 1.38. The Balaban J connectivity index is 1.29. The number of nitrogens with zero attached hydrogens (tertiary/aromatic N) is 1. The van der Waals surface area contributed by atoms with E-state index in [0.717, 1.165) is 36.8 Å². The number of benzene rings is 2. The molecule has 0 aromatic heterocycles. The van der Waals surface area contributed by atoms with Crippen LogP contribution in [0.25, 0.3) is 0 Å². The number of amides is 1. The van der Waals surface area contributed by atoms with Crippen molar-refractivity contribution in [1.82, 2.24) is 4.90 Å². The van der Waals surface area contributed by atoms with Gasteiger partial charge in [0.1, 0.15) is 5.75 Å². The van der Waals surface area contributed by atoms with Gasteiger partial charge in [-0.2, -0.15) is 0 Å². The number of ether oxygens (including phenoxy) is 3. The summed E-state index contributed by atoms with van der Waals surface area (Å²) >= 11 is 0. The van der Waals surface area contributed by atoms with Crippen LogP contribution in [-0.4, -0.2) is 37.3 Å². The smallest absolute Gasteiger partial charge is 0.231 e. The quantitative estimate of drug-likeness (QED) is 0.839. The molecule has 0 N–H and O–H groups in total. The van der Waals surface area contributed by atoms with Crippen LogP contribution >= 0.6 is 0 Å². The molecule has 2 aliphatic heterocycles. The predicted molar refractivity (Wildman–Crippen MR) is 93.1 cm³/mol. The van der Waals surface area contributed by atoms with Crippen molar-refractivity contribution in [3.63, 3.8) is 0 Å². The second-order valence-electron chi connectivity index (χ2n) is 6.35. The molecule has 2 aromatic carbocycles. The first kappa shape index (κ1) is 15.8. The fourth-order valence-corrected chi connectivity index (χ4v) is 3.36. The molecule has 2 aliphatic rings. The topological polar surface area (TPSA) is 48.0 Å². The van der Waals surface area contributed by atoms with E-state index in [1.165, 1.54) is 5.56 Å². The number of likely N-dealkylation sites (tertiary alicyclic amines) is 1. The lowest BCUT2D eigenvalue weighted by Crippen LogP contribution is -2.29. The lowest BCUT2D eigenvalue weighted by atomic mass is 9.98. The third-order valence-corrected chi connectivity index (χ3v) is 4.74. The van der Waals surface area contributed by atoms with Crippen molar-refractivity contribution in [3.05, 3.63) is 54.1 Å². The van der Waals surface area contributed by atoms with Crippen LogP contribution in [0.3, 0.4) is 0 Å². The zero-order valence-corrected chi connectivity index (χ0v) is 14.0. The second-order valence-corrected chi connectivity index (χ2v) is 6.35. The van der Waals surface area contributed by atoms with E-state index in [9.17, 15) is 4.79 Å². The highest BCUT2D eigenvalue weighted by atomic mass is 16.7. The monoisotopic (exact) mass is 339 g/mol. The molecule has 1 saturated heterocycles. The van der Waals surface area contributed by atoms with E-state index in [0.29, 0.717) is 18.9 Å². The van der Waals surface area contributed by atoms with Gasteiger partial charge < -0.3 is 19.1 Å². The zero-order chi connectivity index (χ0) is 17.1. The summed E-state index contributed by atoms with van der Waals surface area (Å²) in [5, 5.41) is 0. The molecule has 5 heteroatoms. The SMILES string of the molecule is O=C(CCOc1ccccc1)N1CCC(c2ccc3c(c2)OCO3)C1. The minimum atomic E-state index is 0.152. The molecule has 4 rings (SSSR count). The van der Waals surface area contributed by atoms with E-state index in [2.05, 4.69) is 6.07 Å². The van der Waals surface area contributed by atoms with Crippen molar-refractivity contribution in [2.45, 2.75) is 18.8 Å². The maximum absolute atomic E-state index is 12.4. The van der Waals surface area contributed by atoms with E-state index in [1.54, 1.807) is 0 Å². The van der Waals surface area contributed by atoms with Gasteiger partial charge in [0.15, 0.2) is 11.5 Å². The van der Waals surface area contributed by atoms with Crippen molar-refractivity contribution >= 4 is 5.91 Å². The number of para-hydroxylation sites is 1. The molecule has 1 fully saturated rings. The molecular weight excluding hydrogens is 318 g/mol. The Hall–Kier alpha value is -2.69. The highest BCUT2D eigenvalue weighted by Gasteiger charge is 2.28. The summed E-state index contributed by atoms with van der Waals surface area (Å²) in [5.74, 6) is 2.91. The first-order valence-electron chi connectivity index (χ1n) is 8.65. The van der Waals surface area contributed by atoms with E-state index in [4.69, 9.17) is 14.2 Å². The van der Waals surface area contributed by atoms with Crippen LogP contribution in [0.15, 0.2) is 48.5 Å². The fraction of sp³-hybridized carbons (Fsp3) is 0.350. The molecule has 25 heavy (non-hydrogen) atoms. The lowest BCUT2D eigenvalue weighted by molar-refractivity contribution is -0.130. The van der Waals surface area contributed by atoms with Crippen LogP contribution in [0.4, 0.5) is 0 Å². The maximum Gasteiger partial charge on any atom is 0.231 e. The van der Waals surface area contributed by atoms with Gasteiger partial charge in [-0.1, -0.05) is 24.3 Å². The van der Waals surface area contributed by atoms with Crippen molar-refractivity contribution < 1.29 is 19.0 Å². The summed E-state index contributed by atoms with van der Waals surface area (Å²) in [6.45, 7) is 2.25. The van der Waals surface area contributed by atoms with Crippen LogP contribution in [-0.2, 0) is 4.79 Å². The molecule has 5 nitrogen and oxygen atoms in total. The first-order chi connectivity index (χ1) is 12.3. The Morgan fingerprint density at radius 3 is 2.84 bits per heavy atom. The Labute approximate surface area is 147 Å².